The van der Waals surface area contributed by atoms with Gasteiger partial charge in [0.1, 0.15) is 0 Å². The molecule has 0 radical (unpaired) electrons. The third-order valence-electron chi connectivity index (χ3n) is 5.10. The predicted octanol–water partition coefficient (Wildman–Crippen LogP) is 4.38. The number of hydrogen-bond donors (Lipinski definition) is 1. The van der Waals surface area contributed by atoms with E-state index in [9.17, 15) is 10.1 Å². The molecule has 0 saturated heterocycles. The molecular formula is C17H26N2O2. The zero-order valence-electron chi connectivity index (χ0n) is 13.4. The molecule has 0 aliphatic heterocycles. The molecule has 116 valence electrons. The zero-order chi connectivity index (χ0) is 15.6. The Balaban J connectivity index is 2.11. The third kappa shape index (κ3) is 3.62. The van der Waals surface area contributed by atoms with Crippen molar-refractivity contribution in [1.82, 2.24) is 5.32 Å². The van der Waals surface area contributed by atoms with Crippen LogP contribution in [0, 0.1) is 28.9 Å². The summed E-state index contributed by atoms with van der Waals surface area (Å²) < 4.78 is 0. The minimum Gasteiger partial charge on any atom is -0.307 e. The van der Waals surface area contributed by atoms with Crippen molar-refractivity contribution in [3.63, 3.8) is 0 Å². The lowest BCUT2D eigenvalue weighted by Crippen LogP contribution is -2.41. The van der Waals surface area contributed by atoms with Crippen molar-refractivity contribution in [2.24, 2.45) is 11.8 Å². The molecule has 1 saturated carbocycles. The Bertz CT molecular complexity index is 516. The first-order valence-corrected chi connectivity index (χ1v) is 7.91. The topological polar surface area (TPSA) is 55.2 Å². The number of nitrogens with one attached hydrogen (secondary N) is 1. The van der Waals surface area contributed by atoms with Crippen LogP contribution < -0.4 is 5.32 Å². The van der Waals surface area contributed by atoms with Crippen LogP contribution in [0.3, 0.4) is 0 Å². The molecule has 0 heterocycles. The number of rotatable bonds is 4. The summed E-state index contributed by atoms with van der Waals surface area (Å²) in [4.78, 5) is 10.8. The molecule has 4 atom stereocenters. The van der Waals surface area contributed by atoms with E-state index in [0.717, 1.165) is 17.0 Å². The molecule has 4 heteroatoms. The maximum Gasteiger partial charge on any atom is 0.272 e. The van der Waals surface area contributed by atoms with Crippen molar-refractivity contribution < 1.29 is 4.92 Å². The van der Waals surface area contributed by atoms with E-state index in [-0.39, 0.29) is 16.7 Å². The molecule has 0 bridgehead atoms. The van der Waals surface area contributed by atoms with E-state index in [1.807, 2.05) is 12.1 Å². The standard InChI is InChI=1S/C17H26N2O2/c1-11-6-5-7-16(13(11)3)18-14(4)15-9-8-12(2)17(10-15)19(20)21/h8-11,13-14,16,18H,5-7H2,1-4H3. The van der Waals surface area contributed by atoms with E-state index >= 15 is 0 Å². The Hall–Kier alpha value is -1.42. The highest BCUT2D eigenvalue weighted by Crippen LogP contribution is 2.31. The minimum absolute atomic E-state index is 0.141. The lowest BCUT2D eigenvalue weighted by Gasteiger charge is -2.36. The van der Waals surface area contributed by atoms with Gasteiger partial charge in [0.05, 0.1) is 4.92 Å². The van der Waals surface area contributed by atoms with Crippen LogP contribution in [0.4, 0.5) is 5.69 Å². The fourth-order valence-corrected chi connectivity index (χ4v) is 3.33. The van der Waals surface area contributed by atoms with Gasteiger partial charge in [0.2, 0.25) is 0 Å². The predicted molar refractivity (Wildman–Crippen MR) is 85.4 cm³/mol. The minimum atomic E-state index is -0.295. The van der Waals surface area contributed by atoms with Crippen LogP contribution in [0.25, 0.3) is 0 Å². The van der Waals surface area contributed by atoms with Crippen LogP contribution in [-0.2, 0) is 0 Å². The molecule has 1 aromatic rings. The van der Waals surface area contributed by atoms with Crippen LogP contribution in [0.1, 0.15) is 57.2 Å². The molecule has 1 fully saturated rings. The van der Waals surface area contributed by atoms with Crippen molar-refractivity contribution in [3.8, 4) is 0 Å². The Morgan fingerprint density at radius 1 is 1.33 bits per heavy atom. The van der Waals surface area contributed by atoms with E-state index in [4.69, 9.17) is 0 Å². The molecule has 0 aromatic heterocycles. The number of nitro groups is 1. The van der Waals surface area contributed by atoms with Gasteiger partial charge in [0, 0.05) is 23.7 Å². The first kappa shape index (κ1) is 16.0. The van der Waals surface area contributed by atoms with Gasteiger partial charge in [-0.3, -0.25) is 10.1 Å². The number of nitro benzene ring substituents is 1. The van der Waals surface area contributed by atoms with Crippen molar-refractivity contribution in [1.29, 1.82) is 0 Å². The summed E-state index contributed by atoms with van der Waals surface area (Å²) in [5, 5.41) is 14.7. The normalized spacial score (nSPS) is 27.3. The van der Waals surface area contributed by atoms with Crippen molar-refractivity contribution in [2.45, 2.75) is 59.0 Å². The van der Waals surface area contributed by atoms with Crippen LogP contribution in [0.5, 0.6) is 0 Å². The number of nitrogens with zero attached hydrogens (tertiary/aromatic N) is 1. The van der Waals surface area contributed by atoms with Crippen LogP contribution in [0.2, 0.25) is 0 Å². The first-order valence-electron chi connectivity index (χ1n) is 7.91. The maximum atomic E-state index is 11.1. The van der Waals surface area contributed by atoms with E-state index in [0.29, 0.717) is 12.0 Å². The Kier molecular flexibility index (Phi) is 4.99. The molecule has 1 aliphatic rings. The molecule has 1 aromatic carbocycles. The fraction of sp³-hybridized carbons (Fsp3) is 0.647. The van der Waals surface area contributed by atoms with Gasteiger partial charge in [-0.15, -0.1) is 0 Å². The lowest BCUT2D eigenvalue weighted by molar-refractivity contribution is -0.385. The van der Waals surface area contributed by atoms with Crippen molar-refractivity contribution in [2.75, 3.05) is 0 Å². The van der Waals surface area contributed by atoms with E-state index in [2.05, 4.69) is 26.1 Å². The molecule has 21 heavy (non-hydrogen) atoms. The average molecular weight is 290 g/mol. The quantitative estimate of drug-likeness (QED) is 0.661. The van der Waals surface area contributed by atoms with Crippen molar-refractivity contribution >= 4 is 5.69 Å². The summed E-state index contributed by atoms with van der Waals surface area (Å²) in [5.74, 6) is 1.40. The van der Waals surface area contributed by atoms with E-state index in [1.165, 1.54) is 19.3 Å². The summed E-state index contributed by atoms with van der Waals surface area (Å²) in [6.45, 7) is 8.51. The number of hydrogen-bond acceptors (Lipinski definition) is 3. The second-order valence-corrected chi connectivity index (χ2v) is 6.57. The molecule has 0 amide bonds. The van der Waals surface area contributed by atoms with Gasteiger partial charge in [0.25, 0.3) is 5.69 Å². The molecule has 4 unspecified atom stereocenters. The summed E-state index contributed by atoms with van der Waals surface area (Å²) in [7, 11) is 0. The number of aryl methyl sites for hydroxylation is 1. The SMILES string of the molecule is Cc1ccc(C(C)NC2CCCC(C)C2C)cc1[N+](=O)[O-]. The second kappa shape index (κ2) is 6.56. The highest BCUT2D eigenvalue weighted by Gasteiger charge is 2.28. The third-order valence-corrected chi connectivity index (χ3v) is 5.10. The average Bonchev–Trinajstić information content (AvgIpc) is 2.44. The van der Waals surface area contributed by atoms with Gasteiger partial charge < -0.3 is 5.32 Å². The summed E-state index contributed by atoms with van der Waals surface area (Å²) in [5.41, 5.74) is 1.93. The van der Waals surface area contributed by atoms with Gasteiger partial charge in [-0.2, -0.15) is 0 Å². The van der Waals surface area contributed by atoms with Crippen molar-refractivity contribution in [3.05, 3.63) is 39.4 Å². The van der Waals surface area contributed by atoms with Gasteiger partial charge >= 0.3 is 0 Å². The highest BCUT2D eigenvalue weighted by atomic mass is 16.6. The largest absolute Gasteiger partial charge is 0.307 e. The van der Waals surface area contributed by atoms with Gasteiger partial charge in [-0.25, -0.2) is 0 Å². The smallest absolute Gasteiger partial charge is 0.272 e. The Morgan fingerprint density at radius 3 is 2.71 bits per heavy atom. The zero-order valence-corrected chi connectivity index (χ0v) is 13.4. The van der Waals surface area contributed by atoms with Crippen LogP contribution in [-0.4, -0.2) is 11.0 Å². The second-order valence-electron chi connectivity index (χ2n) is 6.57. The monoisotopic (exact) mass is 290 g/mol. The van der Waals surface area contributed by atoms with Crippen LogP contribution >= 0.6 is 0 Å². The van der Waals surface area contributed by atoms with Gasteiger partial charge in [-0.1, -0.05) is 38.8 Å². The van der Waals surface area contributed by atoms with Gasteiger partial charge in [0.15, 0.2) is 0 Å². The van der Waals surface area contributed by atoms with Crippen LogP contribution in [0.15, 0.2) is 18.2 Å². The maximum absolute atomic E-state index is 11.1. The summed E-state index contributed by atoms with van der Waals surface area (Å²) >= 11 is 0. The van der Waals surface area contributed by atoms with E-state index < -0.39 is 0 Å². The lowest BCUT2D eigenvalue weighted by atomic mass is 9.77. The molecule has 0 spiro atoms. The summed E-state index contributed by atoms with van der Waals surface area (Å²) in [6, 6.07) is 6.20. The number of benzene rings is 1. The molecule has 1 aliphatic carbocycles. The van der Waals surface area contributed by atoms with Gasteiger partial charge in [-0.05, 0) is 37.7 Å². The summed E-state index contributed by atoms with van der Waals surface area (Å²) in [6.07, 6.45) is 3.78. The Morgan fingerprint density at radius 2 is 2.05 bits per heavy atom. The fourth-order valence-electron chi connectivity index (χ4n) is 3.33. The molecule has 2 rings (SSSR count). The molecule has 1 N–H and O–H groups in total. The van der Waals surface area contributed by atoms with E-state index in [1.54, 1.807) is 13.0 Å². The molecule has 4 nitrogen and oxygen atoms in total. The first-order chi connectivity index (χ1) is 9.90. The highest BCUT2D eigenvalue weighted by molar-refractivity contribution is 5.43. The Labute approximate surface area is 127 Å². The molecular weight excluding hydrogens is 264 g/mol.